The topological polar surface area (TPSA) is 66.5 Å². The number of carbonyl (C=O) groups is 1. The van der Waals surface area contributed by atoms with Crippen LogP contribution in [0.15, 0.2) is 48.5 Å². The molecule has 5 nitrogen and oxygen atoms in total. The van der Waals surface area contributed by atoms with Crippen molar-refractivity contribution in [1.82, 2.24) is 9.62 Å². The molecule has 1 amide bonds. The van der Waals surface area contributed by atoms with Gasteiger partial charge < -0.3 is 5.32 Å². The molecule has 1 aliphatic heterocycles. The van der Waals surface area contributed by atoms with Crippen molar-refractivity contribution in [2.24, 2.45) is 5.92 Å². The van der Waals surface area contributed by atoms with E-state index in [0.29, 0.717) is 32.4 Å². The van der Waals surface area contributed by atoms with Crippen LogP contribution in [-0.2, 0) is 34.1 Å². The van der Waals surface area contributed by atoms with E-state index in [1.807, 2.05) is 30.3 Å². The summed E-state index contributed by atoms with van der Waals surface area (Å²) in [6.45, 7) is 2.97. The van der Waals surface area contributed by atoms with Crippen LogP contribution in [0.2, 0.25) is 0 Å². The van der Waals surface area contributed by atoms with Gasteiger partial charge in [-0.25, -0.2) is 12.7 Å². The minimum atomic E-state index is -3.28. The Bertz CT molecular complexity index is 1060. The number of nitrogens with one attached hydrogen (secondary N) is 1. The van der Waals surface area contributed by atoms with E-state index in [4.69, 9.17) is 0 Å². The van der Waals surface area contributed by atoms with E-state index in [-0.39, 0.29) is 23.6 Å². The van der Waals surface area contributed by atoms with Crippen molar-refractivity contribution in [1.29, 1.82) is 0 Å². The predicted molar refractivity (Wildman–Crippen MR) is 137 cm³/mol. The van der Waals surface area contributed by atoms with E-state index in [2.05, 4.69) is 30.4 Å². The highest BCUT2D eigenvalue weighted by molar-refractivity contribution is 7.89. The summed E-state index contributed by atoms with van der Waals surface area (Å²) in [7, 11) is -3.28. The molecule has 4 rings (SSSR count). The average Bonchev–Trinajstić information content (AvgIpc) is 2.87. The molecule has 1 atom stereocenters. The van der Waals surface area contributed by atoms with Crippen molar-refractivity contribution in [2.45, 2.75) is 70.8 Å². The molecule has 6 heteroatoms. The number of nitrogens with zero attached hydrogens (tertiary/aromatic N) is 1. The third-order valence-corrected chi connectivity index (χ3v) is 9.38. The van der Waals surface area contributed by atoms with Crippen molar-refractivity contribution >= 4 is 15.9 Å². The third kappa shape index (κ3) is 6.28. The highest BCUT2D eigenvalue weighted by atomic mass is 32.2. The molecule has 1 aliphatic carbocycles. The monoisotopic (exact) mass is 482 g/mol. The quantitative estimate of drug-likeness (QED) is 0.558. The van der Waals surface area contributed by atoms with Gasteiger partial charge in [-0.05, 0) is 80.0 Å². The van der Waals surface area contributed by atoms with Gasteiger partial charge in [0.2, 0.25) is 15.9 Å². The van der Waals surface area contributed by atoms with Gasteiger partial charge in [-0.15, -0.1) is 0 Å². The van der Waals surface area contributed by atoms with Gasteiger partial charge in [-0.3, -0.25) is 4.79 Å². The van der Waals surface area contributed by atoms with E-state index in [1.165, 1.54) is 29.5 Å². The largest absolute Gasteiger partial charge is 0.349 e. The lowest BCUT2D eigenvalue weighted by molar-refractivity contribution is -0.126. The zero-order valence-electron chi connectivity index (χ0n) is 20.3. The minimum absolute atomic E-state index is 0.0134. The molecule has 0 radical (unpaired) electrons. The molecule has 1 heterocycles. The van der Waals surface area contributed by atoms with Gasteiger partial charge in [-0.2, -0.15) is 0 Å². The Morgan fingerprint density at radius 3 is 2.44 bits per heavy atom. The molecule has 1 saturated heterocycles. The molecule has 0 aromatic heterocycles. The summed E-state index contributed by atoms with van der Waals surface area (Å²) in [5, 5.41) is 3.26. The Kier molecular flexibility index (Phi) is 8.43. The van der Waals surface area contributed by atoms with Gasteiger partial charge in [-0.1, -0.05) is 55.5 Å². The number of aryl methyl sites for hydroxylation is 3. The standard InChI is InChI=1S/C28H38N2O3S/c1-2-27(26-15-14-23-12-6-7-13-25(23)21-26)29-28(31)24-16-18-30(19-17-24)34(32,33)20-8-11-22-9-4-3-5-10-22/h3-5,9-10,14-15,21,24,27H,2,6-8,11-13,16-20H2,1H3,(H,29,31). The minimum Gasteiger partial charge on any atom is -0.349 e. The number of rotatable bonds is 9. The molecule has 0 saturated carbocycles. The van der Waals surface area contributed by atoms with Gasteiger partial charge in [0.1, 0.15) is 0 Å². The summed E-state index contributed by atoms with van der Waals surface area (Å²) in [4.78, 5) is 13.0. The van der Waals surface area contributed by atoms with Gasteiger partial charge in [0.05, 0.1) is 11.8 Å². The summed E-state index contributed by atoms with van der Waals surface area (Å²) in [6, 6.07) is 16.7. The van der Waals surface area contributed by atoms with Gasteiger partial charge in [0.25, 0.3) is 0 Å². The van der Waals surface area contributed by atoms with Crippen LogP contribution in [-0.4, -0.2) is 37.5 Å². The smallest absolute Gasteiger partial charge is 0.223 e. The van der Waals surface area contributed by atoms with Gasteiger partial charge in [0, 0.05) is 19.0 Å². The molecule has 0 spiro atoms. The van der Waals surface area contributed by atoms with Crippen molar-refractivity contribution in [2.75, 3.05) is 18.8 Å². The lowest BCUT2D eigenvalue weighted by Crippen LogP contribution is -2.44. The maximum atomic E-state index is 13.0. The van der Waals surface area contributed by atoms with E-state index < -0.39 is 10.0 Å². The molecular formula is C28H38N2O3S. The number of amides is 1. The first-order valence-electron chi connectivity index (χ1n) is 12.9. The van der Waals surface area contributed by atoms with Crippen molar-refractivity contribution < 1.29 is 13.2 Å². The van der Waals surface area contributed by atoms with Crippen LogP contribution < -0.4 is 5.32 Å². The highest BCUT2D eigenvalue weighted by Crippen LogP contribution is 2.27. The molecule has 1 N–H and O–H groups in total. The zero-order chi connectivity index (χ0) is 24.0. The number of fused-ring (bicyclic) bond motifs is 1. The Morgan fingerprint density at radius 1 is 1.03 bits per heavy atom. The second-order valence-corrected chi connectivity index (χ2v) is 11.9. The van der Waals surface area contributed by atoms with Crippen LogP contribution in [0.25, 0.3) is 0 Å². The second-order valence-electron chi connectivity index (χ2n) is 9.78. The van der Waals surface area contributed by atoms with Crippen molar-refractivity contribution in [3.8, 4) is 0 Å². The van der Waals surface area contributed by atoms with Crippen LogP contribution >= 0.6 is 0 Å². The molecule has 34 heavy (non-hydrogen) atoms. The van der Waals surface area contributed by atoms with Crippen LogP contribution in [0, 0.1) is 5.92 Å². The Balaban J connectivity index is 1.27. The van der Waals surface area contributed by atoms with Crippen LogP contribution in [0.4, 0.5) is 0 Å². The third-order valence-electron chi connectivity index (χ3n) is 7.43. The highest BCUT2D eigenvalue weighted by Gasteiger charge is 2.31. The van der Waals surface area contributed by atoms with Crippen LogP contribution in [0.1, 0.15) is 73.7 Å². The Hall–Kier alpha value is -2.18. The molecular weight excluding hydrogens is 444 g/mol. The molecule has 1 unspecified atom stereocenters. The van der Waals surface area contributed by atoms with E-state index in [0.717, 1.165) is 31.2 Å². The van der Waals surface area contributed by atoms with Crippen LogP contribution in [0.5, 0.6) is 0 Å². The first kappa shape index (κ1) is 24.9. The lowest BCUT2D eigenvalue weighted by Gasteiger charge is -2.31. The summed E-state index contributed by atoms with van der Waals surface area (Å²) in [5.74, 6) is 0.0998. The van der Waals surface area contributed by atoms with E-state index >= 15 is 0 Å². The van der Waals surface area contributed by atoms with Gasteiger partial charge in [0.15, 0.2) is 0 Å². The first-order valence-corrected chi connectivity index (χ1v) is 14.5. The van der Waals surface area contributed by atoms with Crippen molar-refractivity contribution in [3.05, 3.63) is 70.8 Å². The average molecular weight is 483 g/mol. The number of piperidine rings is 1. The SMILES string of the molecule is CCC(NC(=O)C1CCN(S(=O)(=O)CCCc2ccccc2)CC1)c1ccc2c(c1)CCCC2. The number of carbonyl (C=O) groups excluding carboxylic acids is 1. The number of sulfonamides is 1. The molecule has 2 aromatic rings. The summed E-state index contributed by atoms with van der Waals surface area (Å²) < 4.78 is 27.2. The van der Waals surface area contributed by atoms with Crippen molar-refractivity contribution in [3.63, 3.8) is 0 Å². The Morgan fingerprint density at radius 2 is 1.74 bits per heavy atom. The number of benzene rings is 2. The fraction of sp³-hybridized carbons (Fsp3) is 0.536. The maximum absolute atomic E-state index is 13.0. The normalized spacial score (nSPS) is 18.3. The second kappa shape index (κ2) is 11.5. The molecule has 2 aromatic carbocycles. The zero-order valence-corrected chi connectivity index (χ0v) is 21.2. The lowest BCUT2D eigenvalue weighted by atomic mass is 9.88. The number of hydrogen-bond acceptors (Lipinski definition) is 3. The summed E-state index contributed by atoms with van der Waals surface area (Å²) in [6.07, 6.45) is 8.20. The molecule has 184 valence electrons. The fourth-order valence-corrected chi connectivity index (χ4v) is 6.84. The van der Waals surface area contributed by atoms with Crippen LogP contribution in [0.3, 0.4) is 0 Å². The predicted octanol–water partition coefficient (Wildman–Crippen LogP) is 4.81. The number of hydrogen-bond donors (Lipinski definition) is 1. The summed E-state index contributed by atoms with van der Waals surface area (Å²) in [5.41, 5.74) is 5.24. The first-order chi connectivity index (χ1) is 16.5. The molecule has 2 aliphatic rings. The summed E-state index contributed by atoms with van der Waals surface area (Å²) >= 11 is 0. The maximum Gasteiger partial charge on any atom is 0.223 e. The molecule has 0 bridgehead atoms. The van der Waals surface area contributed by atoms with Gasteiger partial charge >= 0.3 is 0 Å². The van der Waals surface area contributed by atoms with E-state index in [1.54, 1.807) is 4.31 Å². The Labute approximate surface area is 205 Å². The van der Waals surface area contributed by atoms with E-state index in [9.17, 15) is 13.2 Å². The fourth-order valence-electron chi connectivity index (χ4n) is 5.31. The molecule has 1 fully saturated rings.